The third-order valence-electron chi connectivity index (χ3n) is 5.12. The fraction of sp³-hybridized carbons (Fsp3) is 0.286. The molecule has 3 aromatic rings. The lowest BCUT2D eigenvalue weighted by Gasteiger charge is -2.24. The molecule has 150 valence electrons. The predicted molar refractivity (Wildman–Crippen MR) is 114 cm³/mol. The molecular weight excluding hydrogens is 386 g/mol. The Morgan fingerprint density at radius 2 is 2.03 bits per heavy atom. The van der Waals surface area contributed by atoms with Crippen LogP contribution < -0.4 is 10.6 Å². The summed E-state index contributed by atoms with van der Waals surface area (Å²) in [5, 5.41) is 14.1. The minimum atomic E-state index is -0.431. The highest BCUT2D eigenvalue weighted by molar-refractivity contribution is 7.08. The summed E-state index contributed by atoms with van der Waals surface area (Å²) in [7, 11) is 0. The van der Waals surface area contributed by atoms with Gasteiger partial charge in [0.15, 0.2) is 0 Å². The Balaban J connectivity index is 1.41. The maximum absolute atomic E-state index is 12.8. The minimum absolute atomic E-state index is 0.118. The smallest absolute Gasteiger partial charge is 0.322 e. The van der Waals surface area contributed by atoms with Crippen molar-refractivity contribution < 1.29 is 9.59 Å². The molecule has 1 saturated heterocycles. The first kappa shape index (κ1) is 19.2. The lowest BCUT2D eigenvalue weighted by atomic mass is 10.1. The van der Waals surface area contributed by atoms with Crippen molar-refractivity contribution in [3.05, 3.63) is 65.1 Å². The van der Waals surface area contributed by atoms with Crippen LogP contribution in [0, 0.1) is 0 Å². The zero-order chi connectivity index (χ0) is 20.2. The molecule has 1 fully saturated rings. The summed E-state index contributed by atoms with van der Waals surface area (Å²) in [6.45, 7) is 2.52. The van der Waals surface area contributed by atoms with Gasteiger partial charge >= 0.3 is 6.03 Å². The van der Waals surface area contributed by atoms with Gasteiger partial charge in [0.2, 0.25) is 5.91 Å². The van der Waals surface area contributed by atoms with Crippen LogP contribution in [0.1, 0.15) is 37.4 Å². The second kappa shape index (κ2) is 8.48. The number of benzene rings is 1. The van der Waals surface area contributed by atoms with E-state index in [0.29, 0.717) is 11.4 Å². The minimum Gasteiger partial charge on any atom is -0.324 e. The van der Waals surface area contributed by atoms with E-state index in [9.17, 15) is 9.59 Å². The maximum Gasteiger partial charge on any atom is 0.322 e. The van der Waals surface area contributed by atoms with Crippen LogP contribution in [-0.2, 0) is 4.79 Å². The largest absolute Gasteiger partial charge is 0.324 e. The van der Waals surface area contributed by atoms with E-state index in [1.54, 1.807) is 53.5 Å². The summed E-state index contributed by atoms with van der Waals surface area (Å²) in [4.78, 5) is 27.2. The van der Waals surface area contributed by atoms with E-state index in [4.69, 9.17) is 0 Å². The number of rotatable bonds is 5. The van der Waals surface area contributed by atoms with Crippen molar-refractivity contribution in [1.82, 2.24) is 14.7 Å². The number of aromatic nitrogens is 2. The van der Waals surface area contributed by atoms with Crippen LogP contribution in [-0.4, -0.2) is 33.2 Å². The molecule has 4 rings (SSSR count). The molecule has 2 atom stereocenters. The molecular formula is C21H23N5O2S. The molecule has 3 amide bonds. The van der Waals surface area contributed by atoms with Gasteiger partial charge in [-0.2, -0.15) is 16.4 Å². The topological polar surface area (TPSA) is 79.3 Å². The lowest BCUT2D eigenvalue weighted by molar-refractivity contribution is -0.119. The van der Waals surface area contributed by atoms with Crippen molar-refractivity contribution in [2.45, 2.75) is 31.8 Å². The van der Waals surface area contributed by atoms with Gasteiger partial charge in [-0.05, 0) is 66.4 Å². The molecule has 1 aliphatic heterocycles. The number of urea groups is 1. The summed E-state index contributed by atoms with van der Waals surface area (Å²) in [6, 6.07) is 10.6. The van der Waals surface area contributed by atoms with Gasteiger partial charge in [0.05, 0.1) is 6.04 Å². The first-order valence-corrected chi connectivity index (χ1v) is 10.6. The van der Waals surface area contributed by atoms with E-state index in [1.807, 2.05) is 22.4 Å². The number of likely N-dealkylation sites (tertiary alicyclic amines) is 1. The number of hydrogen-bond donors (Lipinski definition) is 2. The molecule has 2 unspecified atom stereocenters. The van der Waals surface area contributed by atoms with Crippen LogP contribution >= 0.6 is 11.3 Å². The van der Waals surface area contributed by atoms with Crippen molar-refractivity contribution in [1.29, 1.82) is 0 Å². The number of anilines is 2. The Labute approximate surface area is 173 Å². The first-order chi connectivity index (χ1) is 14.1. The Morgan fingerprint density at radius 1 is 1.21 bits per heavy atom. The molecule has 0 bridgehead atoms. The Kier molecular flexibility index (Phi) is 5.62. The second-order valence-corrected chi connectivity index (χ2v) is 7.85. The SMILES string of the molecule is CC(C(=O)Nc1cccc(NC(=O)N2CCCC2c2ccsc2)c1)n1cccn1. The second-order valence-electron chi connectivity index (χ2n) is 7.07. The van der Waals surface area contributed by atoms with Gasteiger partial charge in [0.25, 0.3) is 0 Å². The first-order valence-electron chi connectivity index (χ1n) is 9.61. The highest BCUT2D eigenvalue weighted by Crippen LogP contribution is 2.33. The molecule has 0 aliphatic carbocycles. The van der Waals surface area contributed by atoms with Gasteiger partial charge in [-0.15, -0.1) is 0 Å². The van der Waals surface area contributed by atoms with Gasteiger partial charge in [-0.1, -0.05) is 6.07 Å². The normalized spacial score (nSPS) is 17.1. The van der Waals surface area contributed by atoms with Gasteiger partial charge in [0, 0.05) is 30.3 Å². The quantitative estimate of drug-likeness (QED) is 0.651. The number of hydrogen-bond acceptors (Lipinski definition) is 4. The molecule has 2 aromatic heterocycles. The lowest BCUT2D eigenvalue weighted by Crippen LogP contribution is -2.34. The standard InChI is InChI=1S/C21H23N5O2S/c1-15(26-11-4-9-22-26)20(27)23-17-5-2-6-18(13-17)24-21(28)25-10-3-7-19(25)16-8-12-29-14-16/h2,4-6,8-9,11-15,19H,3,7,10H2,1H3,(H,23,27)(H,24,28). The number of nitrogens with zero attached hydrogens (tertiary/aromatic N) is 3. The average Bonchev–Trinajstić information content (AvgIpc) is 3.49. The summed E-state index contributed by atoms with van der Waals surface area (Å²) < 4.78 is 1.60. The van der Waals surface area contributed by atoms with Crippen LogP contribution in [0.15, 0.2) is 59.6 Å². The number of carbonyl (C=O) groups excluding carboxylic acids is 2. The fourth-order valence-electron chi connectivity index (χ4n) is 3.57. The van der Waals surface area contributed by atoms with Gasteiger partial charge in [0.1, 0.15) is 6.04 Å². The van der Waals surface area contributed by atoms with E-state index in [1.165, 1.54) is 5.56 Å². The van der Waals surface area contributed by atoms with E-state index in [-0.39, 0.29) is 18.0 Å². The molecule has 2 N–H and O–H groups in total. The molecule has 3 heterocycles. The van der Waals surface area contributed by atoms with Crippen LogP contribution in [0.5, 0.6) is 0 Å². The van der Waals surface area contributed by atoms with Gasteiger partial charge in [-0.25, -0.2) is 4.79 Å². The number of amides is 3. The molecule has 1 aromatic carbocycles. The Bertz CT molecular complexity index is 971. The molecule has 7 nitrogen and oxygen atoms in total. The summed E-state index contributed by atoms with van der Waals surface area (Å²) in [5.74, 6) is -0.172. The maximum atomic E-state index is 12.8. The van der Waals surface area contributed by atoms with Crippen molar-refractivity contribution in [2.75, 3.05) is 17.2 Å². The van der Waals surface area contributed by atoms with Crippen LogP contribution in [0.3, 0.4) is 0 Å². The van der Waals surface area contributed by atoms with E-state index in [0.717, 1.165) is 19.4 Å². The number of carbonyl (C=O) groups is 2. The summed E-state index contributed by atoms with van der Waals surface area (Å²) in [5.41, 5.74) is 2.47. The van der Waals surface area contributed by atoms with Crippen molar-refractivity contribution in [3.8, 4) is 0 Å². The van der Waals surface area contributed by atoms with E-state index < -0.39 is 6.04 Å². The van der Waals surface area contributed by atoms with E-state index >= 15 is 0 Å². The van der Waals surface area contributed by atoms with Crippen LogP contribution in [0.2, 0.25) is 0 Å². The zero-order valence-corrected chi connectivity index (χ0v) is 16.9. The highest BCUT2D eigenvalue weighted by atomic mass is 32.1. The molecule has 29 heavy (non-hydrogen) atoms. The number of thiophene rings is 1. The average molecular weight is 410 g/mol. The Morgan fingerprint density at radius 3 is 2.76 bits per heavy atom. The van der Waals surface area contributed by atoms with Crippen LogP contribution in [0.4, 0.5) is 16.2 Å². The predicted octanol–water partition coefficient (Wildman–Crippen LogP) is 4.51. The summed E-state index contributed by atoms with van der Waals surface area (Å²) >= 11 is 1.65. The van der Waals surface area contributed by atoms with Gasteiger partial charge < -0.3 is 15.5 Å². The molecule has 0 radical (unpaired) electrons. The summed E-state index contributed by atoms with van der Waals surface area (Å²) in [6.07, 6.45) is 5.36. The molecule has 0 spiro atoms. The molecule has 1 aliphatic rings. The number of nitrogens with one attached hydrogen (secondary N) is 2. The highest BCUT2D eigenvalue weighted by Gasteiger charge is 2.30. The third-order valence-corrected chi connectivity index (χ3v) is 5.83. The monoisotopic (exact) mass is 409 g/mol. The fourth-order valence-corrected chi connectivity index (χ4v) is 4.27. The third kappa shape index (κ3) is 4.32. The van der Waals surface area contributed by atoms with Crippen molar-refractivity contribution >= 4 is 34.6 Å². The van der Waals surface area contributed by atoms with Crippen LogP contribution in [0.25, 0.3) is 0 Å². The van der Waals surface area contributed by atoms with Crippen molar-refractivity contribution in [2.24, 2.45) is 0 Å². The zero-order valence-electron chi connectivity index (χ0n) is 16.1. The van der Waals surface area contributed by atoms with Gasteiger partial charge in [-0.3, -0.25) is 9.48 Å². The Hall–Kier alpha value is -3.13. The van der Waals surface area contributed by atoms with Crippen molar-refractivity contribution in [3.63, 3.8) is 0 Å². The van der Waals surface area contributed by atoms with E-state index in [2.05, 4.69) is 27.2 Å². The molecule has 8 heteroatoms. The molecule has 0 saturated carbocycles.